The predicted molar refractivity (Wildman–Crippen MR) is 108 cm³/mol. The highest BCUT2D eigenvalue weighted by atomic mass is 35.5. The molecule has 0 aliphatic rings. The van der Waals surface area contributed by atoms with Crippen molar-refractivity contribution in [1.82, 2.24) is 9.97 Å². The maximum Gasteiger partial charge on any atom is 0.198 e. The van der Waals surface area contributed by atoms with Gasteiger partial charge in [-0.3, -0.25) is 9.59 Å². The fourth-order valence-electron chi connectivity index (χ4n) is 3.45. The number of halogens is 2. The van der Waals surface area contributed by atoms with Crippen molar-refractivity contribution in [2.45, 2.75) is 0 Å². The lowest BCUT2D eigenvalue weighted by Gasteiger charge is -2.08. The second-order valence-corrected chi connectivity index (χ2v) is 7.05. The monoisotopic (exact) mass is 380 g/mol. The summed E-state index contributed by atoms with van der Waals surface area (Å²) in [5.74, 6) is 0. The van der Waals surface area contributed by atoms with Gasteiger partial charge in [-0.2, -0.15) is 0 Å². The second-order valence-electron chi connectivity index (χ2n) is 6.21. The van der Waals surface area contributed by atoms with Crippen molar-refractivity contribution in [2.75, 3.05) is 0 Å². The van der Waals surface area contributed by atoms with Gasteiger partial charge in [-0.05, 0) is 36.4 Å². The average Bonchev–Trinajstić information content (AvgIpc) is 2.61. The van der Waals surface area contributed by atoms with Crippen LogP contribution in [-0.4, -0.2) is 9.97 Å². The van der Waals surface area contributed by atoms with Crippen LogP contribution in [0.1, 0.15) is 0 Å². The largest absolute Gasteiger partial charge is 0.354 e. The van der Waals surface area contributed by atoms with Gasteiger partial charge in [0.05, 0.1) is 27.0 Å². The van der Waals surface area contributed by atoms with Gasteiger partial charge >= 0.3 is 0 Å². The van der Waals surface area contributed by atoms with E-state index in [1.165, 1.54) is 0 Å². The summed E-state index contributed by atoms with van der Waals surface area (Å²) in [6.45, 7) is 0. The number of benzene rings is 3. The molecule has 0 aliphatic heterocycles. The minimum atomic E-state index is -0.202. The molecule has 0 bridgehead atoms. The molecule has 0 aliphatic carbocycles. The summed E-state index contributed by atoms with van der Waals surface area (Å²) < 4.78 is 0. The SMILES string of the molecule is O=c1c2ccccc2[nH]c2cc3c(=O)c4c(Cl)cc(Cl)cc4[nH]c3cc12. The lowest BCUT2D eigenvalue weighted by Crippen LogP contribution is -2.08. The number of aromatic amines is 2. The highest BCUT2D eigenvalue weighted by Crippen LogP contribution is 2.27. The molecule has 3 aromatic carbocycles. The normalized spacial score (nSPS) is 11.8. The van der Waals surface area contributed by atoms with E-state index >= 15 is 0 Å². The van der Waals surface area contributed by atoms with Crippen LogP contribution in [0.5, 0.6) is 0 Å². The van der Waals surface area contributed by atoms with E-state index in [4.69, 9.17) is 23.2 Å². The molecular formula is C20H10Cl2N2O2. The molecular weight excluding hydrogens is 371 g/mol. The van der Waals surface area contributed by atoms with Crippen molar-refractivity contribution in [1.29, 1.82) is 0 Å². The molecule has 0 radical (unpaired) electrons. The Bertz CT molecular complexity index is 1500. The van der Waals surface area contributed by atoms with E-state index in [0.29, 0.717) is 48.1 Å². The zero-order valence-electron chi connectivity index (χ0n) is 13.2. The van der Waals surface area contributed by atoms with Gasteiger partial charge in [0.2, 0.25) is 0 Å². The van der Waals surface area contributed by atoms with Crippen LogP contribution < -0.4 is 10.9 Å². The Morgan fingerprint density at radius 3 is 2.08 bits per heavy atom. The summed E-state index contributed by atoms with van der Waals surface area (Å²) in [6.07, 6.45) is 0. The fraction of sp³-hybridized carbons (Fsp3) is 0. The Morgan fingerprint density at radius 1 is 0.654 bits per heavy atom. The van der Waals surface area contributed by atoms with E-state index in [9.17, 15) is 9.59 Å². The summed E-state index contributed by atoms with van der Waals surface area (Å²) in [5.41, 5.74) is 2.15. The summed E-state index contributed by atoms with van der Waals surface area (Å²) in [6, 6.07) is 13.9. The molecule has 126 valence electrons. The number of nitrogens with one attached hydrogen (secondary N) is 2. The Hall–Kier alpha value is -2.82. The molecule has 26 heavy (non-hydrogen) atoms. The summed E-state index contributed by atoms with van der Waals surface area (Å²) in [5, 5.41) is 2.68. The van der Waals surface area contributed by atoms with Crippen LogP contribution in [0.3, 0.4) is 0 Å². The zero-order chi connectivity index (χ0) is 18.0. The Labute approximate surface area is 156 Å². The molecule has 5 rings (SSSR count). The van der Waals surface area contributed by atoms with Crippen molar-refractivity contribution in [3.63, 3.8) is 0 Å². The van der Waals surface area contributed by atoms with Crippen LogP contribution in [0.4, 0.5) is 0 Å². The number of rotatable bonds is 0. The summed E-state index contributed by atoms with van der Waals surface area (Å²) in [4.78, 5) is 32.2. The number of pyridine rings is 2. The Balaban J connectivity index is 2.03. The van der Waals surface area contributed by atoms with E-state index in [1.807, 2.05) is 18.2 Å². The van der Waals surface area contributed by atoms with E-state index in [1.54, 1.807) is 30.3 Å². The van der Waals surface area contributed by atoms with Crippen LogP contribution in [0.2, 0.25) is 10.0 Å². The molecule has 0 saturated carbocycles. The molecule has 0 fully saturated rings. The third-order valence-electron chi connectivity index (χ3n) is 4.64. The molecule has 0 saturated heterocycles. The highest BCUT2D eigenvalue weighted by molar-refractivity contribution is 6.38. The molecule has 6 heteroatoms. The first-order valence-corrected chi connectivity index (χ1v) is 8.68. The quantitative estimate of drug-likeness (QED) is 0.372. The van der Waals surface area contributed by atoms with Crippen molar-refractivity contribution in [3.8, 4) is 0 Å². The number of hydrogen-bond acceptors (Lipinski definition) is 2. The van der Waals surface area contributed by atoms with Crippen LogP contribution in [0.25, 0.3) is 43.6 Å². The minimum absolute atomic E-state index is 0.0821. The number of aromatic nitrogens is 2. The van der Waals surface area contributed by atoms with Crippen LogP contribution >= 0.6 is 23.2 Å². The lowest BCUT2D eigenvalue weighted by molar-refractivity contribution is 1.46. The third-order valence-corrected chi connectivity index (χ3v) is 5.16. The summed E-state index contributed by atoms with van der Waals surface area (Å²) in [7, 11) is 0. The van der Waals surface area contributed by atoms with Gasteiger partial charge < -0.3 is 9.97 Å². The Kier molecular flexibility index (Phi) is 3.17. The van der Waals surface area contributed by atoms with E-state index in [-0.39, 0.29) is 10.9 Å². The van der Waals surface area contributed by atoms with Gasteiger partial charge in [-0.25, -0.2) is 0 Å². The minimum Gasteiger partial charge on any atom is -0.354 e. The van der Waals surface area contributed by atoms with Gasteiger partial charge in [0.25, 0.3) is 0 Å². The van der Waals surface area contributed by atoms with E-state index in [2.05, 4.69) is 9.97 Å². The molecule has 0 unspecified atom stereocenters. The molecule has 0 atom stereocenters. The first-order valence-electron chi connectivity index (χ1n) is 7.92. The fourth-order valence-corrected chi connectivity index (χ4v) is 4.02. The molecule has 5 aromatic rings. The predicted octanol–water partition coefficient (Wildman–Crippen LogP) is 4.98. The van der Waals surface area contributed by atoms with Gasteiger partial charge in [0.15, 0.2) is 10.9 Å². The molecule has 2 aromatic heterocycles. The number of hydrogen-bond donors (Lipinski definition) is 2. The summed E-state index contributed by atoms with van der Waals surface area (Å²) >= 11 is 12.3. The van der Waals surface area contributed by atoms with Crippen LogP contribution in [0, 0.1) is 0 Å². The first kappa shape index (κ1) is 15.4. The molecule has 0 spiro atoms. The lowest BCUT2D eigenvalue weighted by atomic mass is 10.1. The maximum absolute atomic E-state index is 13.0. The molecule has 4 nitrogen and oxygen atoms in total. The average molecular weight is 381 g/mol. The Morgan fingerprint density at radius 2 is 1.31 bits per heavy atom. The van der Waals surface area contributed by atoms with E-state index in [0.717, 1.165) is 5.52 Å². The smallest absolute Gasteiger partial charge is 0.198 e. The van der Waals surface area contributed by atoms with Crippen molar-refractivity contribution >= 4 is 66.8 Å². The van der Waals surface area contributed by atoms with Gasteiger partial charge in [-0.1, -0.05) is 35.3 Å². The standard InChI is InChI=1S/C20H10Cl2N2O2/c21-9-5-13(22)18-17(6-9)24-16-7-11-15(8-12(16)20(18)26)23-14-4-2-1-3-10(14)19(11)25/h1-8H,(H,23,25)(H,24,26). The zero-order valence-corrected chi connectivity index (χ0v) is 14.7. The highest BCUT2D eigenvalue weighted by Gasteiger charge is 2.13. The topological polar surface area (TPSA) is 65.7 Å². The van der Waals surface area contributed by atoms with Crippen LogP contribution in [0.15, 0.2) is 58.1 Å². The number of para-hydroxylation sites is 1. The molecule has 2 N–H and O–H groups in total. The number of fused-ring (bicyclic) bond motifs is 4. The second kappa shape index (κ2) is 5.34. The van der Waals surface area contributed by atoms with Crippen molar-refractivity contribution < 1.29 is 0 Å². The third kappa shape index (κ3) is 2.09. The van der Waals surface area contributed by atoms with Gasteiger partial charge in [0.1, 0.15) is 0 Å². The van der Waals surface area contributed by atoms with Gasteiger partial charge in [0, 0.05) is 26.7 Å². The molecule has 0 amide bonds. The van der Waals surface area contributed by atoms with Crippen molar-refractivity contribution in [3.05, 3.63) is 79.0 Å². The van der Waals surface area contributed by atoms with E-state index < -0.39 is 0 Å². The molecule has 2 heterocycles. The first-order chi connectivity index (χ1) is 12.5. The number of H-pyrrole nitrogens is 2. The maximum atomic E-state index is 13.0. The van der Waals surface area contributed by atoms with Crippen LogP contribution in [-0.2, 0) is 0 Å². The van der Waals surface area contributed by atoms with Crippen molar-refractivity contribution in [2.24, 2.45) is 0 Å². The van der Waals surface area contributed by atoms with Gasteiger partial charge in [-0.15, -0.1) is 0 Å².